The van der Waals surface area contributed by atoms with E-state index in [4.69, 9.17) is 37.0 Å². The van der Waals surface area contributed by atoms with E-state index < -0.39 is 5.79 Å². The molecular weight excluding hydrogens is 244 g/mol. The third kappa shape index (κ3) is 5.71. The van der Waals surface area contributed by atoms with Crippen LogP contribution < -0.4 is 0 Å². The highest BCUT2D eigenvalue weighted by Gasteiger charge is 2.33. The number of hydrogen-bond donors (Lipinski definition) is 0. The molecule has 0 N–H and O–H groups in total. The van der Waals surface area contributed by atoms with Crippen LogP contribution in [0, 0.1) is 12.3 Å². The summed E-state index contributed by atoms with van der Waals surface area (Å²) in [6.45, 7) is 5.40. The molecule has 0 saturated carbocycles. The van der Waals surface area contributed by atoms with Crippen LogP contribution in [0.15, 0.2) is 0 Å². The molecule has 1 fully saturated rings. The second-order valence-corrected chi connectivity index (χ2v) is 4.59. The van der Waals surface area contributed by atoms with Crippen LogP contribution in [0.2, 0.25) is 0 Å². The predicted molar refractivity (Wildman–Crippen MR) is 65.0 cm³/mol. The Morgan fingerprint density at radius 1 is 1.59 bits per heavy atom. The van der Waals surface area contributed by atoms with E-state index in [0.29, 0.717) is 25.7 Å². The topological polar surface area (TPSA) is 36.9 Å². The highest BCUT2D eigenvalue weighted by Crippen LogP contribution is 2.22. The van der Waals surface area contributed by atoms with Gasteiger partial charge in [-0.3, -0.25) is 0 Å². The van der Waals surface area contributed by atoms with Crippen molar-refractivity contribution >= 4 is 11.6 Å². The number of hydrogen-bond acceptors (Lipinski definition) is 4. The number of alkyl halides is 1. The van der Waals surface area contributed by atoms with Crippen LogP contribution in [0.4, 0.5) is 0 Å². The fourth-order valence-corrected chi connectivity index (χ4v) is 1.65. The van der Waals surface area contributed by atoms with Gasteiger partial charge in [-0.25, -0.2) is 0 Å². The number of terminal acetylenes is 1. The zero-order valence-corrected chi connectivity index (χ0v) is 11.0. The Kier molecular flexibility index (Phi) is 6.24. The largest absolute Gasteiger partial charge is 0.372 e. The number of ether oxygens (including phenoxy) is 4. The third-order valence-corrected chi connectivity index (χ3v) is 2.59. The van der Waals surface area contributed by atoms with Crippen LogP contribution >= 0.6 is 11.6 Å². The smallest absolute Gasteiger partial charge is 0.163 e. The second kappa shape index (κ2) is 7.20. The molecule has 17 heavy (non-hydrogen) atoms. The first-order valence-electron chi connectivity index (χ1n) is 5.58. The molecule has 4 nitrogen and oxygen atoms in total. The molecule has 0 aliphatic carbocycles. The first-order valence-corrected chi connectivity index (χ1v) is 6.11. The summed E-state index contributed by atoms with van der Waals surface area (Å²) in [4.78, 5) is 0. The maximum atomic E-state index is 5.76. The van der Waals surface area contributed by atoms with Gasteiger partial charge in [0.25, 0.3) is 0 Å². The molecule has 0 aromatic carbocycles. The van der Waals surface area contributed by atoms with E-state index in [0.717, 1.165) is 0 Å². The molecule has 0 unspecified atom stereocenters. The van der Waals surface area contributed by atoms with Gasteiger partial charge in [0.1, 0.15) is 12.7 Å². The molecule has 1 aliphatic rings. The van der Waals surface area contributed by atoms with E-state index in [1.165, 1.54) is 0 Å². The van der Waals surface area contributed by atoms with Gasteiger partial charge in [-0.15, -0.1) is 18.0 Å². The van der Waals surface area contributed by atoms with Gasteiger partial charge in [0.15, 0.2) is 5.79 Å². The lowest BCUT2D eigenvalue weighted by Gasteiger charge is -2.19. The second-order valence-electron chi connectivity index (χ2n) is 4.28. The molecule has 0 aromatic rings. The first-order chi connectivity index (χ1) is 8.07. The summed E-state index contributed by atoms with van der Waals surface area (Å²) in [6, 6.07) is 0. The summed E-state index contributed by atoms with van der Waals surface area (Å²) in [5.41, 5.74) is 0. The van der Waals surface area contributed by atoms with Gasteiger partial charge in [-0.05, 0) is 13.8 Å². The maximum Gasteiger partial charge on any atom is 0.163 e. The van der Waals surface area contributed by atoms with Crippen LogP contribution in [0.5, 0.6) is 0 Å². The number of halogens is 1. The van der Waals surface area contributed by atoms with E-state index in [1.807, 2.05) is 13.8 Å². The molecular formula is C12H19ClO4. The van der Waals surface area contributed by atoms with Crippen molar-refractivity contribution in [3.05, 3.63) is 0 Å². The quantitative estimate of drug-likeness (QED) is 0.395. The minimum atomic E-state index is -0.523. The lowest BCUT2D eigenvalue weighted by molar-refractivity contribution is -0.148. The zero-order valence-electron chi connectivity index (χ0n) is 10.3. The van der Waals surface area contributed by atoms with E-state index in [1.54, 1.807) is 0 Å². The summed E-state index contributed by atoms with van der Waals surface area (Å²) < 4.78 is 21.8. The molecule has 0 aromatic heterocycles. The van der Waals surface area contributed by atoms with E-state index >= 15 is 0 Å². The Morgan fingerprint density at radius 3 is 2.88 bits per heavy atom. The molecule has 0 bridgehead atoms. The van der Waals surface area contributed by atoms with Gasteiger partial charge in [-0.2, -0.15) is 0 Å². The minimum Gasteiger partial charge on any atom is -0.372 e. The molecule has 1 rings (SSSR count). The van der Waals surface area contributed by atoms with Crippen molar-refractivity contribution in [2.24, 2.45) is 0 Å². The van der Waals surface area contributed by atoms with Gasteiger partial charge in [0, 0.05) is 0 Å². The Labute approximate surface area is 108 Å². The van der Waals surface area contributed by atoms with Crippen molar-refractivity contribution in [2.45, 2.75) is 31.8 Å². The molecule has 1 aliphatic heterocycles. The fraction of sp³-hybridized carbons (Fsp3) is 0.833. The molecule has 2 atom stereocenters. The summed E-state index contributed by atoms with van der Waals surface area (Å²) in [6.07, 6.45) is 4.85. The average Bonchev–Trinajstić information content (AvgIpc) is 2.63. The zero-order chi connectivity index (χ0) is 12.7. The lowest BCUT2D eigenvalue weighted by atomic mass is 10.4. The van der Waals surface area contributed by atoms with Gasteiger partial charge >= 0.3 is 0 Å². The van der Waals surface area contributed by atoms with E-state index in [9.17, 15) is 0 Å². The Hall–Kier alpha value is -0.310. The van der Waals surface area contributed by atoms with Crippen molar-refractivity contribution in [2.75, 3.05) is 32.3 Å². The first kappa shape index (κ1) is 14.7. The molecule has 1 saturated heterocycles. The normalized spacial score (nSPS) is 24.5. The Morgan fingerprint density at radius 2 is 2.35 bits per heavy atom. The summed E-state index contributed by atoms with van der Waals surface area (Å²) in [7, 11) is 0. The molecule has 1 heterocycles. The monoisotopic (exact) mass is 262 g/mol. The fourth-order valence-electron chi connectivity index (χ4n) is 1.48. The van der Waals surface area contributed by atoms with E-state index in [-0.39, 0.29) is 18.8 Å². The minimum absolute atomic E-state index is 0.0525. The van der Waals surface area contributed by atoms with Gasteiger partial charge in [-0.1, -0.05) is 5.92 Å². The maximum absolute atomic E-state index is 5.76. The summed E-state index contributed by atoms with van der Waals surface area (Å²) >= 11 is 5.76. The van der Waals surface area contributed by atoms with Crippen molar-refractivity contribution in [1.82, 2.24) is 0 Å². The van der Waals surface area contributed by atoms with E-state index in [2.05, 4.69) is 5.92 Å². The van der Waals surface area contributed by atoms with Gasteiger partial charge in [0.05, 0.1) is 31.8 Å². The SMILES string of the molecule is C#CCOC[C@H](CCl)OC[C@H]1COC(C)(C)O1. The molecule has 0 radical (unpaired) electrons. The standard InChI is InChI=1S/C12H19ClO4/c1-4-5-14-7-10(6-13)15-8-11-9-16-12(2,3)17-11/h1,10-11H,5-9H2,2-3H3/t10-,11-/m0/s1. The summed E-state index contributed by atoms with van der Waals surface area (Å²) in [5.74, 6) is 2.23. The third-order valence-electron chi connectivity index (χ3n) is 2.25. The molecule has 98 valence electrons. The number of rotatable bonds is 7. The van der Waals surface area contributed by atoms with Crippen LogP contribution in [0.1, 0.15) is 13.8 Å². The predicted octanol–water partition coefficient (Wildman–Crippen LogP) is 1.41. The Balaban J connectivity index is 2.17. The molecule has 5 heteroatoms. The van der Waals surface area contributed by atoms with Crippen molar-refractivity contribution < 1.29 is 18.9 Å². The lowest BCUT2D eigenvalue weighted by Crippen LogP contribution is -2.29. The van der Waals surface area contributed by atoms with Crippen LogP contribution in [0.3, 0.4) is 0 Å². The molecule has 0 amide bonds. The highest BCUT2D eigenvalue weighted by molar-refractivity contribution is 6.18. The van der Waals surface area contributed by atoms with Gasteiger partial charge < -0.3 is 18.9 Å². The summed E-state index contributed by atoms with van der Waals surface area (Å²) in [5, 5.41) is 0. The molecule has 0 spiro atoms. The van der Waals surface area contributed by atoms with Crippen LogP contribution in [0.25, 0.3) is 0 Å². The van der Waals surface area contributed by atoms with Crippen LogP contribution in [-0.4, -0.2) is 50.3 Å². The van der Waals surface area contributed by atoms with Crippen molar-refractivity contribution in [1.29, 1.82) is 0 Å². The highest BCUT2D eigenvalue weighted by atomic mass is 35.5. The Bertz CT molecular complexity index is 262. The van der Waals surface area contributed by atoms with Crippen LogP contribution in [-0.2, 0) is 18.9 Å². The average molecular weight is 263 g/mol. The van der Waals surface area contributed by atoms with Gasteiger partial charge in [0.2, 0.25) is 0 Å². The van der Waals surface area contributed by atoms with Crippen molar-refractivity contribution in [3.8, 4) is 12.3 Å². The van der Waals surface area contributed by atoms with Crippen molar-refractivity contribution in [3.63, 3.8) is 0 Å².